The number of ether oxygens (including phenoxy) is 1. The van der Waals surface area contributed by atoms with Gasteiger partial charge in [0.05, 0.1) is 26.4 Å². The topological polar surface area (TPSA) is 197 Å². The van der Waals surface area contributed by atoms with E-state index in [9.17, 15) is 0 Å². The Kier molecular flexibility index (Phi) is 36.0. The van der Waals surface area contributed by atoms with Crippen molar-refractivity contribution in [3.05, 3.63) is 24.3 Å². The van der Waals surface area contributed by atoms with Gasteiger partial charge in [0.15, 0.2) is 5.75 Å². The van der Waals surface area contributed by atoms with Gasteiger partial charge in [-0.1, -0.05) is 0 Å². The third-order valence-electron chi connectivity index (χ3n) is 2.49. The molecule has 0 fully saturated rings. The fraction of sp³-hybridized carbons (Fsp3) is 0.571. The molecular formula is C14H31NO9Ti. The second kappa shape index (κ2) is 25.5. The zero-order valence-electron chi connectivity index (χ0n) is 14.3. The Morgan fingerprint density at radius 1 is 0.800 bits per heavy atom. The van der Waals surface area contributed by atoms with Crippen LogP contribution in [0.2, 0.25) is 0 Å². The first kappa shape index (κ1) is 35.3. The van der Waals surface area contributed by atoms with Crippen molar-refractivity contribution in [2.75, 3.05) is 46.1 Å². The average Bonchev–Trinajstić information content (AvgIpc) is 2.50. The molecule has 0 aliphatic heterocycles. The van der Waals surface area contributed by atoms with Gasteiger partial charge < -0.3 is 41.4 Å². The van der Waals surface area contributed by atoms with Crippen molar-refractivity contribution in [3.63, 3.8) is 0 Å². The predicted octanol–water partition coefficient (Wildman–Crippen LogP) is -2.27. The maximum Gasteiger partial charge on any atom is 0.165 e. The van der Waals surface area contributed by atoms with Crippen LogP contribution in [0, 0.1) is 0 Å². The minimum atomic E-state index is 0. The Balaban J connectivity index is -0.0000000924. The average molecular weight is 405 g/mol. The van der Waals surface area contributed by atoms with Gasteiger partial charge in [0.25, 0.3) is 0 Å². The Labute approximate surface area is 162 Å². The van der Waals surface area contributed by atoms with Crippen molar-refractivity contribution < 1.29 is 68.3 Å². The second-order valence-corrected chi connectivity index (χ2v) is 4.01. The van der Waals surface area contributed by atoms with Crippen LogP contribution in [0.5, 0.6) is 11.5 Å². The summed E-state index contributed by atoms with van der Waals surface area (Å²) in [6, 6.07) is 6.72. The molecule has 10 N–H and O–H groups in total. The van der Waals surface area contributed by atoms with Crippen molar-refractivity contribution in [1.29, 1.82) is 0 Å². The van der Waals surface area contributed by atoms with Gasteiger partial charge >= 0.3 is 0 Å². The van der Waals surface area contributed by atoms with Crippen molar-refractivity contribution in [1.82, 2.24) is 4.90 Å². The number of hydrogen-bond donors (Lipinski definition) is 4. The van der Waals surface area contributed by atoms with Crippen LogP contribution in [0.3, 0.4) is 0 Å². The molecule has 0 spiro atoms. The van der Waals surface area contributed by atoms with Crippen molar-refractivity contribution in [3.8, 4) is 11.5 Å². The molecule has 0 aliphatic rings. The van der Waals surface area contributed by atoms with E-state index < -0.39 is 0 Å². The number of nitrogens with zero attached hydrogens (tertiary/aromatic N) is 1. The van der Waals surface area contributed by atoms with Crippen LogP contribution in [0.25, 0.3) is 0 Å². The van der Waals surface area contributed by atoms with Crippen LogP contribution in [0.4, 0.5) is 0 Å². The largest absolute Gasteiger partial charge is 0.494 e. The monoisotopic (exact) mass is 405 g/mol. The van der Waals surface area contributed by atoms with E-state index in [-0.39, 0.29) is 58.0 Å². The van der Waals surface area contributed by atoms with Gasteiger partial charge in [-0.3, -0.25) is 4.90 Å². The Hall–Kier alpha value is -0.786. The molecule has 1 aromatic carbocycles. The molecule has 0 amide bonds. The summed E-state index contributed by atoms with van der Waals surface area (Å²) in [5.41, 5.74) is 0. The van der Waals surface area contributed by atoms with Crippen LogP contribution in [0.15, 0.2) is 24.3 Å². The molecule has 150 valence electrons. The number of hydrogen-bond acceptors (Lipinski definition) is 7. The summed E-state index contributed by atoms with van der Waals surface area (Å²) >= 11 is 0. The summed E-state index contributed by atoms with van der Waals surface area (Å²) in [6.45, 7) is 4.30. The van der Waals surface area contributed by atoms with E-state index in [0.717, 1.165) is 5.75 Å². The first-order valence-electron chi connectivity index (χ1n) is 6.81. The molecule has 10 nitrogen and oxygen atoms in total. The number of rotatable bonds is 9. The molecule has 0 bridgehead atoms. The van der Waals surface area contributed by atoms with Crippen LogP contribution >= 0.6 is 0 Å². The minimum absolute atomic E-state index is 0. The Morgan fingerprint density at radius 3 is 1.44 bits per heavy atom. The van der Waals surface area contributed by atoms with Gasteiger partial charge in [0, 0.05) is 41.4 Å². The summed E-state index contributed by atoms with van der Waals surface area (Å²) in [6.07, 6.45) is 0. The Bertz CT molecular complexity index is 329. The van der Waals surface area contributed by atoms with Gasteiger partial charge in [-0.05, 0) is 31.2 Å². The van der Waals surface area contributed by atoms with E-state index in [1.54, 1.807) is 29.2 Å². The molecule has 0 atom stereocenters. The van der Waals surface area contributed by atoms with E-state index in [1.165, 1.54) is 0 Å². The van der Waals surface area contributed by atoms with E-state index in [0.29, 0.717) is 32.0 Å². The van der Waals surface area contributed by atoms with Crippen LogP contribution in [0.1, 0.15) is 6.92 Å². The second-order valence-electron chi connectivity index (χ2n) is 4.01. The fourth-order valence-corrected chi connectivity index (χ4v) is 1.52. The van der Waals surface area contributed by atoms with Gasteiger partial charge in [-0.15, -0.1) is 0 Å². The van der Waals surface area contributed by atoms with Gasteiger partial charge in [-0.25, -0.2) is 5.26 Å². The predicted molar refractivity (Wildman–Crippen MR) is 89.4 cm³/mol. The summed E-state index contributed by atoms with van der Waals surface area (Å²) in [5.74, 6) is 1.18. The first-order chi connectivity index (χ1) is 10.2. The molecule has 0 aromatic heterocycles. The normalized spacial score (nSPS) is 8.40. The maximum atomic E-state index is 8.48. The van der Waals surface area contributed by atoms with E-state index in [1.807, 2.05) is 6.92 Å². The molecule has 0 saturated heterocycles. The molecule has 1 aromatic rings. The standard InChI is InChI=1S/C8H10O3.C6H15NO3.3H2O.Ti/c1-2-10-7-3-5-8(11-9)6-4-7;8-4-1-7(2-5-9)3-6-10;;;;/h3-6,9H,2H2,1H3;8-10H,1-6H2;3*1H2;. The Morgan fingerprint density at radius 2 is 1.16 bits per heavy atom. The van der Waals surface area contributed by atoms with E-state index in [2.05, 4.69) is 4.89 Å². The van der Waals surface area contributed by atoms with Gasteiger partial charge in [0.2, 0.25) is 0 Å². The van der Waals surface area contributed by atoms with Crippen LogP contribution < -0.4 is 9.62 Å². The molecule has 0 aliphatic carbocycles. The molecule has 11 heteroatoms. The molecule has 1 rings (SSSR count). The van der Waals surface area contributed by atoms with Crippen LogP contribution in [-0.2, 0) is 21.7 Å². The summed E-state index contributed by atoms with van der Waals surface area (Å²) < 4.78 is 5.17. The van der Waals surface area contributed by atoms with Crippen molar-refractivity contribution in [2.24, 2.45) is 0 Å². The molecule has 0 heterocycles. The molecular weight excluding hydrogens is 374 g/mol. The number of benzene rings is 1. The third kappa shape index (κ3) is 19.4. The van der Waals surface area contributed by atoms with E-state index in [4.69, 9.17) is 25.3 Å². The molecule has 0 saturated carbocycles. The van der Waals surface area contributed by atoms with Gasteiger partial charge in [-0.2, -0.15) is 0 Å². The van der Waals surface area contributed by atoms with Crippen molar-refractivity contribution in [2.45, 2.75) is 6.92 Å². The summed E-state index contributed by atoms with van der Waals surface area (Å²) in [7, 11) is 0. The summed E-state index contributed by atoms with van der Waals surface area (Å²) in [4.78, 5) is 5.78. The maximum absolute atomic E-state index is 8.48. The summed E-state index contributed by atoms with van der Waals surface area (Å²) in [5, 5.41) is 33.7. The zero-order valence-corrected chi connectivity index (χ0v) is 15.9. The minimum Gasteiger partial charge on any atom is -0.494 e. The van der Waals surface area contributed by atoms with E-state index >= 15 is 0 Å². The van der Waals surface area contributed by atoms with Crippen LogP contribution in [-0.4, -0.2) is 88.0 Å². The van der Waals surface area contributed by atoms with Crippen molar-refractivity contribution >= 4 is 0 Å². The molecule has 0 radical (unpaired) electrons. The zero-order chi connectivity index (χ0) is 15.9. The van der Waals surface area contributed by atoms with Gasteiger partial charge in [0.1, 0.15) is 5.75 Å². The molecule has 0 unspecified atom stereocenters. The number of aliphatic hydroxyl groups excluding tert-OH is 3. The quantitative estimate of drug-likeness (QED) is 0.202. The number of aliphatic hydroxyl groups is 3. The smallest absolute Gasteiger partial charge is 0.165 e. The first-order valence-corrected chi connectivity index (χ1v) is 6.81. The SMILES string of the molecule is CCOc1ccc(OO)cc1.O.O.O.OCCN(CCO)CCO.[Ti]. The molecule has 25 heavy (non-hydrogen) atoms. The fourth-order valence-electron chi connectivity index (χ4n) is 1.52. The third-order valence-corrected chi connectivity index (χ3v) is 2.49.